The molecular formula is C21H27F2N5O5S2. The third kappa shape index (κ3) is 6.93. The van der Waals surface area contributed by atoms with Crippen LogP contribution in [0.5, 0.6) is 0 Å². The number of hydrogen-bond acceptors (Lipinski definition) is 10. The van der Waals surface area contributed by atoms with Crippen LogP contribution in [-0.2, 0) is 19.6 Å². The van der Waals surface area contributed by atoms with Crippen LogP contribution in [-0.4, -0.2) is 74.5 Å². The molecule has 1 saturated heterocycles. The Hall–Kier alpha value is -2.68. The maximum atomic E-state index is 14.0. The molecule has 0 aliphatic carbocycles. The van der Waals surface area contributed by atoms with Crippen molar-refractivity contribution in [3.8, 4) is 0 Å². The highest BCUT2D eigenvalue weighted by atomic mass is 32.2. The summed E-state index contributed by atoms with van der Waals surface area (Å²) in [6.45, 7) is 1.01. The van der Waals surface area contributed by atoms with Gasteiger partial charge in [0.15, 0.2) is 5.13 Å². The van der Waals surface area contributed by atoms with Gasteiger partial charge in [0, 0.05) is 19.1 Å². The molecule has 0 spiro atoms. The predicted octanol–water partition coefficient (Wildman–Crippen LogP) is 1.59. The third-order valence-corrected chi connectivity index (χ3v) is 8.43. The number of rotatable bonds is 11. The largest absolute Gasteiger partial charge is 0.468 e. The van der Waals surface area contributed by atoms with E-state index in [0.29, 0.717) is 44.0 Å². The summed E-state index contributed by atoms with van der Waals surface area (Å²) in [7, 11) is -2.16. The molecule has 1 aliphatic rings. The lowest BCUT2D eigenvalue weighted by atomic mass is 10.1. The van der Waals surface area contributed by atoms with E-state index in [1.807, 2.05) is 0 Å². The number of nitrogens with two attached hydrogens (primary N) is 1. The van der Waals surface area contributed by atoms with E-state index < -0.39 is 39.0 Å². The Morgan fingerprint density at radius 3 is 2.54 bits per heavy atom. The molecule has 4 N–H and O–H groups in total. The topological polar surface area (TPSA) is 144 Å². The maximum absolute atomic E-state index is 14.0. The van der Waals surface area contributed by atoms with Gasteiger partial charge in [0.1, 0.15) is 22.3 Å². The molecule has 1 fully saturated rings. The number of thiazole rings is 1. The number of carbonyl (C=O) groups excluding carboxylic acids is 2. The molecule has 1 aliphatic heterocycles. The highest BCUT2D eigenvalue weighted by molar-refractivity contribution is 7.89. The lowest BCUT2D eigenvalue weighted by Gasteiger charge is -2.31. The van der Waals surface area contributed by atoms with Crippen molar-refractivity contribution in [2.75, 3.05) is 50.1 Å². The molecule has 2 aromatic rings. The van der Waals surface area contributed by atoms with Gasteiger partial charge in [0.25, 0.3) is 0 Å². The quantitative estimate of drug-likeness (QED) is 0.224. The summed E-state index contributed by atoms with van der Waals surface area (Å²) in [6.07, 6.45) is 1.37. The van der Waals surface area contributed by atoms with E-state index in [1.54, 1.807) is 0 Å². The summed E-state index contributed by atoms with van der Waals surface area (Å²) in [5, 5.41) is 6.29. The Kier molecular flexibility index (Phi) is 9.10. The SMILES string of the molecule is COC(=O)CNCCCS(=O)(=O)N1CCC(Nc2nc(N)c(C(=O)c3c(F)cccc3F)s2)CC1. The number of halogens is 2. The molecule has 35 heavy (non-hydrogen) atoms. The molecule has 0 amide bonds. The minimum Gasteiger partial charge on any atom is -0.468 e. The Morgan fingerprint density at radius 1 is 1.26 bits per heavy atom. The molecule has 0 bridgehead atoms. The number of carbonyl (C=O) groups is 2. The van der Waals surface area contributed by atoms with Gasteiger partial charge in [-0.2, -0.15) is 0 Å². The van der Waals surface area contributed by atoms with Crippen molar-refractivity contribution in [2.45, 2.75) is 25.3 Å². The van der Waals surface area contributed by atoms with Gasteiger partial charge in [0.2, 0.25) is 15.8 Å². The van der Waals surface area contributed by atoms with Gasteiger partial charge < -0.3 is 21.1 Å². The number of aromatic nitrogens is 1. The van der Waals surface area contributed by atoms with Crippen LogP contribution in [0.4, 0.5) is 19.7 Å². The number of ketones is 1. The number of methoxy groups -OCH3 is 1. The Morgan fingerprint density at radius 2 is 1.91 bits per heavy atom. The number of benzene rings is 1. The second-order valence-electron chi connectivity index (χ2n) is 7.90. The van der Waals surface area contributed by atoms with Gasteiger partial charge in [-0.1, -0.05) is 17.4 Å². The number of nitrogen functional groups attached to an aromatic ring is 1. The van der Waals surface area contributed by atoms with E-state index in [2.05, 4.69) is 20.4 Å². The molecule has 14 heteroatoms. The number of ether oxygens (including phenoxy) is 1. The molecule has 0 saturated carbocycles. The zero-order valence-electron chi connectivity index (χ0n) is 19.1. The van der Waals surface area contributed by atoms with Crippen molar-refractivity contribution in [3.63, 3.8) is 0 Å². The van der Waals surface area contributed by atoms with E-state index in [4.69, 9.17) is 5.73 Å². The lowest BCUT2D eigenvalue weighted by Crippen LogP contribution is -2.43. The van der Waals surface area contributed by atoms with Gasteiger partial charge in [-0.05, 0) is 37.9 Å². The minimum atomic E-state index is -3.44. The van der Waals surface area contributed by atoms with Crippen molar-refractivity contribution < 1.29 is 31.5 Å². The molecule has 10 nitrogen and oxygen atoms in total. The summed E-state index contributed by atoms with van der Waals surface area (Å²) in [4.78, 5) is 27.7. The summed E-state index contributed by atoms with van der Waals surface area (Å²) < 4.78 is 59.1. The van der Waals surface area contributed by atoms with E-state index in [1.165, 1.54) is 17.5 Å². The maximum Gasteiger partial charge on any atom is 0.319 e. The van der Waals surface area contributed by atoms with Gasteiger partial charge >= 0.3 is 5.97 Å². The molecular weight excluding hydrogens is 504 g/mol. The number of anilines is 2. The predicted molar refractivity (Wildman–Crippen MR) is 128 cm³/mol. The zero-order chi connectivity index (χ0) is 25.6. The van der Waals surface area contributed by atoms with Gasteiger partial charge in [-0.25, -0.2) is 26.5 Å². The van der Waals surface area contributed by atoms with E-state index in [9.17, 15) is 26.8 Å². The molecule has 0 radical (unpaired) electrons. The van der Waals surface area contributed by atoms with Crippen LogP contribution in [0.15, 0.2) is 18.2 Å². The summed E-state index contributed by atoms with van der Waals surface area (Å²) in [6, 6.07) is 3.04. The molecule has 0 atom stereocenters. The normalized spacial score (nSPS) is 15.2. The van der Waals surface area contributed by atoms with Gasteiger partial charge in [-0.15, -0.1) is 0 Å². The van der Waals surface area contributed by atoms with Crippen LogP contribution in [0, 0.1) is 11.6 Å². The van der Waals surface area contributed by atoms with E-state index >= 15 is 0 Å². The van der Waals surface area contributed by atoms with Crippen molar-refractivity contribution in [1.82, 2.24) is 14.6 Å². The fourth-order valence-corrected chi connectivity index (χ4v) is 6.05. The van der Waals surface area contributed by atoms with Crippen LogP contribution in [0.25, 0.3) is 0 Å². The molecule has 1 aromatic heterocycles. The van der Waals surface area contributed by atoms with E-state index in [-0.39, 0.29) is 29.0 Å². The fraction of sp³-hybridized carbons (Fsp3) is 0.476. The average molecular weight is 532 g/mol. The Labute approximate surface area is 205 Å². The molecule has 2 heterocycles. The third-order valence-electron chi connectivity index (χ3n) is 5.48. The van der Waals surface area contributed by atoms with Crippen LogP contribution in [0.3, 0.4) is 0 Å². The first-order valence-corrected chi connectivity index (χ1v) is 13.3. The highest BCUT2D eigenvalue weighted by Crippen LogP contribution is 2.30. The number of nitrogens with zero attached hydrogens (tertiary/aromatic N) is 2. The molecule has 192 valence electrons. The van der Waals surface area contributed by atoms with Crippen LogP contribution in [0.2, 0.25) is 0 Å². The first-order chi connectivity index (χ1) is 16.6. The number of hydrogen-bond donors (Lipinski definition) is 3. The first-order valence-electron chi connectivity index (χ1n) is 10.9. The summed E-state index contributed by atoms with van der Waals surface area (Å²) in [5.74, 6) is -3.44. The second kappa shape index (κ2) is 11.8. The van der Waals surface area contributed by atoms with Crippen LogP contribution in [0.1, 0.15) is 34.5 Å². The summed E-state index contributed by atoms with van der Waals surface area (Å²) in [5.41, 5.74) is 5.15. The van der Waals surface area contributed by atoms with Crippen molar-refractivity contribution in [3.05, 3.63) is 40.3 Å². The Balaban J connectivity index is 1.51. The summed E-state index contributed by atoms with van der Waals surface area (Å²) >= 11 is 0.897. The van der Waals surface area contributed by atoms with Crippen molar-refractivity contribution in [1.29, 1.82) is 0 Å². The highest BCUT2D eigenvalue weighted by Gasteiger charge is 2.29. The number of nitrogens with one attached hydrogen (secondary N) is 2. The zero-order valence-corrected chi connectivity index (χ0v) is 20.7. The number of esters is 1. The van der Waals surface area contributed by atoms with Gasteiger partial charge in [0.05, 0.1) is 25.0 Å². The van der Waals surface area contributed by atoms with Crippen molar-refractivity contribution in [2.24, 2.45) is 0 Å². The average Bonchev–Trinajstić information content (AvgIpc) is 3.18. The molecule has 3 rings (SSSR count). The molecule has 0 unspecified atom stereocenters. The lowest BCUT2D eigenvalue weighted by molar-refractivity contribution is -0.139. The van der Waals surface area contributed by atoms with E-state index in [0.717, 1.165) is 23.5 Å². The number of piperidine rings is 1. The standard InChI is InChI=1S/C21H27F2N5O5S2/c1-33-16(29)12-25-8-3-11-35(31,32)28-9-6-13(7-10-28)26-21-27-20(24)19(34-21)18(30)17-14(22)4-2-5-15(17)23/h2,4-5,13,25H,3,6-12,24H2,1H3,(H,26,27). The Bertz CT molecular complexity index is 1150. The minimum absolute atomic E-state index is 0.0252. The van der Waals surface area contributed by atoms with Crippen LogP contribution < -0.4 is 16.4 Å². The number of sulfonamides is 1. The smallest absolute Gasteiger partial charge is 0.319 e. The monoisotopic (exact) mass is 531 g/mol. The molecule has 1 aromatic carbocycles. The van der Waals surface area contributed by atoms with Crippen LogP contribution >= 0.6 is 11.3 Å². The second-order valence-corrected chi connectivity index (χ2v) is 11.0. The first kappa shape index (κ1) is 26.9. The van der Waals surface area contributed by atoms with Gasteiger partial charge in [-0.3, -0.25) is 9.59 Å². The van der Waals surface area contributed by atoms with Crippen molar-refractivity contribution >= 4 is 44.1 Å². The fourth-order valence-electron chi connectivity index (χ4n) is 3.61.